The highest BCUT2D eigenvalue weighted by Gasteiger charge is 2.33. The summed E-state index contributed by atoms with van der Waals surface area (Å²) in [4.78, 5) is 16.0. The number of hydrogen-bond donors (Lipinski definition) is 1. The third-order valence-corrected chi connectivity index (χ3v) is 4.52. The second-order valence-electron chi connectivity index (χ2n) is 5.76. The third-order valence-electron chi connectivity index (χ3n) is 4.52. The zero-order valence-corrected chi connectivity index (χ0v) is 12.7. The van der Waals surface area contributed by atoms with E-state index >= 15 is 0 Å². The predicted molar refractivity (Wildman–Crippen MR) is 83.6 cm³/mol. The lowest BCUT2D eigenvalue weighted by Crippen LogP contribution is -2.37. The monoisotopic (exact) mass is 289 g/mol. The molecule has 0 bridgehead atoms. The number of likely N-dealkylation sites (N-methyl/N-ethyl adjacent to an activating group) is 1. The lowest BCUT2D eigenvalue weighted by atomic mass is 10.0. The number of ether oxygens (including phenoxy) is 1. The predicted octanol–water partition coefficient (Wildman–Crippen LogP) is 1.67. The van der Waals surface area contributed by atoms with Crippen molar-refractivity contribution in [2.24, 2.45) is 5.73 Å². The van der Waals surface area contributed by atoms with Crippen LogP contribution in [0.25, 0.3) is 0 Å². The molecule has 1 atom stereocenters. The number of hydrogen-bond acceptors (Lipinski definition) is 4. The number of carbonyl (C=O) groups is 1. The summed E-state index contributed by atoms with van der Waals surface area (Å²) in [7, 11) is 1.79. The number of piperidine rings is 1. The number of nitrogens with two attached hydrogens (primary N) is 1. The number of fused-ring (bicyclic) bond motifs is 1. The van der Waals surface area contributed by atoms with E-state index in [0.29, 0.717) is 6.10 Å². The van der Waals surface area contributed by atoms with Gasteiger partial charge in [0.2, 0.25) is 5.91 Å². The van der Waals surface area contributed by atoms with E-state index in [2.05, 4.69) is 17.0 Å². The summed E-state index contributed by atoms with van der Waals surface area (Å²) in [6, 6.07) is 5.64. The van der Waals surface area contributed by atoms with E-state index in [0.717, 1.165) is 49.5 Å². The molecule has 1 aromatic carbocycles. The van der Waals surface area contributed by atoms with Gasteiger partial charge in [0.05, 0.1) is 11.8 Å². The molecule has 2 heterocycles. The maximum Gasteiger partial charge on any atom is 0.248 e. The van der Waals surface area contributed by atoms with Gasteiger partial charge in [0.1, 0.15) is 6.04 Å². The summed E-state index contributed by atoms with van der Waals surface area (Å²) in [5, 5.41) is 0. The number of rotatable bonds is 3. The molecule has 2 aliphatic heterocycles. The quantitative estimate of drug-likeness (QED) is 0.919. The van der Waals surface area contributed by atoms with Crippen LogP contribution in [-0.4, -0.2) is 38.8 Å². The van der Waals surface area contributed by atoms with E-state index < -0.39 is 6.04 Å². The molecule has 0 saturated carbocycles. The van der Waals surface area contributed by atoms with Gasteiger partial charge in [-0.3, -0.25) is 4.79 Å². The molecule has 21 heavy (non-hydrogen) atoms. The molecule has 0 radical (unpaired) electrons. The molecule has 0 spiro atoms. The standard InChI is InChI=1S/C16H23N3O2/c1-3-21-12-6-8-19(9-7-12)11-4-5-13-14(10-11)18(2)16(20)15(13)17/h4-5,10,12,15H,3,6-9,17H2,1-2H3. The Hall–Kier alpha value is -1.59. The summed E-state index contributed by atoms with van der Waals surface area (Å²) in [6.45, 7) is 4.82. The minimum absolute atomic E-state index is 0.0304. The molecular formula is C16H23N3O2. The van der Waals surface area contributed by atoms with Gasteiger partial charge >= 0.3 is 0 Å². The van der Waals surface area contributed by atoms with E-state index in [1.807, 2.05) is 13.0 Å². The van der Waals surface area contributed by atoms with Crippen molar-refractivity contribution in [3.8, 4) is 0 Å². The Labute approximate surface area is 125 Å². The highest BCUT2D eigenvalue weighted by Crippen LogP contribution is 2.36. The van der Waals surface area contributed by atoms with Crippen LogP contribution in [-0.2, 0) is 9.53 Å². The first-order valence-corrected chi connectivity index (χ1v) is 7.65. The van der Waals surface area contributed by atoms with E-state index in [9.17, 15) is 4.79 Å². The lowest BCUT2D eigenvalue weighted by Gasteiger charge is -2.33. The van der Waals surface area contributed by atoms with Crippen molar-refractivity contribution in [1.29, 1.82) is 0 Å². The first kappa shape index (κ1) is 14.4. The Morgan fingerprint density at radius 3 is 2.71 bits per heavy atom. The average molecular weight is 289 g/mol. The van der Waals surface area contributed by atoms with Crippen molar-refractivity contribution in [2.75, 3.05) is 36.5 Å². The van der Waals surface area contributed by atoms with Crippen molar-refractivity contribution in [1.82, 2.24) is 0 Å². The minimum atomic E-state index is -0.511. The number of amides is 1. The van der Waals surface area contributed by atoms with Crippen LogP contribution < -0.4 is 15.5 Å². The molecule has 3 rings (SSSR count). The second-order valence-corrected chi connectivity index (χ2v) is 5.76. The van der Waals surface area contributed by atoms with E-state index in [4.69, 9.17) is 10.5 Å². The fourth-order valence-corrected chi connectivity index (χ4v) is 3.26. The van der Waals surface area contributed by atoms with Gasteiger partial charge < -0.3 is 20.3 Å². The van der Waals surface area contributed by atoms with Gasteiger partial charge in [-0.1, -0.05) is 6.07 Å². The molecule has 1 amide bonds. The van der Waals surface area contributed by atoms with Crippen LogP contribution in [0, 0.1) is 0 Å². The molecule has 5 nitrogen and oxygen atoms in total. The second kappa shape index (κ2) is 5.66. The maximum absolute atomic E-state index is 11.9. The molecule has 2 aliphatic rings. The number of carbonyl (C=O) groups excluding carboxylic acids is 1. The zero-order chi connectivity index (χ0) is 15.0. The van der Waals surface area contributed by atoms with E-state index in [1.165, 1.54) is 0 Å². The summed E-state index contributed by atoms with van der Waals surface area (Å²) in [5.41, 5.74) is 8.97. The first-order chi connectivity index (χ1) is 10.1. The maximum atomic E-state index is 11.9. The molecular weight excluding hydrogens is 266 g/mol. The van der Waals surface area contributed by atoms with Crippen molar-refractivity contribution in [3.63, 3.8) is 0 Å². The normalized spacial score (nSPS) is 22.8. The van der Waals surface area contributed by atoms with Crippen LogP contribution in [0.2, 0.25) is 0 Å². The molecule has 114 valence electrons. The number of anilines is 2. The summed E-state index contributed by atoms with van der Waals surface area (Å²) < 4.78 is 5.69. The van der Waals surface area contributed by atoms with Gasteiger partial charge in [-0.15, -0.1) is 0 Å². The van der Waals surface area contributed by atoms with Crippen LogP contribution in [0.5, 0.6) is 0 Å². The Kier molecular flexibility index (Phi) is 3.87. The highest BCUT2D eigenvalue weighted by molar-refractivity contribution is 6.04. The molecule has 0 aromatic heterocycles. The Morgan fingerprint density at radius 2 is 2.05 bits per heavy atom. The number of benzene rings is 1. The Bertz CT molecular complexity index is 538. The fourth-order valence-electron chi connectivity index (χ4n) is 3.26. The average Bonchev–Trinajstić information content (AvgIpc) is 2.73. The van der Waals surface area contributed by atoms with Crippen LogP contribution >= 0.6 is 0 Å². The Morgan fingerprint density at radius 1 is 1.33 bits per heavy atom. The number of nitrogens with zero attached hydrogens (tertiary/aromatic N) is 2. The summed E-state index contributed by atoms with van der Waals surface area (Å²) in [5.74, 6) is -0.0304. The van der Waals surface area contributed by atoms with E-state index in [1.54, 1.807) is 11.9 Å². The van der Waals surface area contributed by atoms with Crippen molar-refractivity contribution in [2.45, 2.75) is 31.9 Å². The molecule has 5 heteroatoms. The van der Waals surface area contributed by atoms with Crippen LogP contribution in [0.4, 0.5) is 11.4 Å². The SMILES string of the molecule is CCOC1CCN(c2ccc3c(c2)N(C)C(=O)C3N)CC1. The smallest absolute Gasteiger partial charge is 0.248 e. The van der Waals surface area contributed by atoms with E-state index in [-0.39, 0.29) is 5.91 Å². The minimum Gasteiger partial charge on any atom is -0.378 e. The lowest BCUT2D eigenvalue weighted by molar-refractivity contribution is -0.118. The van der Waals surface area contributed by atoms with Gasteiger partial charge in [-0.05, 0) is 31.9 Å². The van der Waals surface area contributed by atoms with Crippen LogP contribution in [0.15, 0.2) is 18.2 Å². The summed E-state index contributed by atoms with van der Waals surface area (Å²) in [6.07, 6.45) is 2.50. The van der Waals surface area contributed by atoms with Gasteiger partial charge in [0, 0.05) is 38.0 Å². The molecule has 0 aliphatic carbocycles. The molecule has 1 saturated heterocycles. The molecule has 1 unspecified atom stereocenters. The van der Waals surface area contributed by atoms with Gasteiger partial charge in [0.15, 0.2) is 0 Å². The van der Waals surface area contributed by atoms with Gasteiger partial charge in [-0.25, -0.2) is 0 Å². The van der Waals surface area contributed by atoms with Crippen molar-refractivity contribution in [3.05, 3.63) is 23.8 Å². The zero-order valence-electron chi connectivity index (χ0n) is 12.7. The highest BCUT2D eigenvalue weighted by atomic mass is 16.5. The molecule has 1 aromatic rings. The first-order valence-electron chi connectivity index (χ1n) is 7.65. The largest absolute Gasteiger partial charge is 0.378 e. The molecule has 1 fully saturated rings. The van der Waals surface area contributed by atoms with Crippen molar-refractivity contribution >= 4 is 17.3 Å². The van der Waals surface area contributed by atoms with Crippen LogP contribution in [0.3, 0.4) is 0 Å². The van der Waals surface area contributed by atoms with Crippen molar-refractivity contribution < 1.29 is 9.53 Å². The third kappa shape index (κ3) is 2.51. The van der Waals surface area contributed by atoms with Gasteiger partial charge in [0.25, 0.3) is 0 Å². The Balaban J connectivity index is 1.76. The fraction of sp³-hybridized carbons (Fsp3) is 0.562. The topological polar surface area (TPSA) is 58.8 Å². The van der Waals surface area contributed by atoms with Crippen LogP contribution in [0.1, 0.15) is 31.4 Å². The summed E-state index contributed by atoms with van der Waals surface area (Å²) >= 11 is 0. The molecule has 2 N–H and O–H groups in total. The van der Waals surface area contributed by atoms with Gasteiger partial charge in [-0.2, -0.15) is 0 Å².